The van der Waals surface area contributed by atoms with E-state index in [1.165, 1.54) is 32.4 Å². The molecule has 2 saturated heterocycles. The predicted octanol–water partition coefficient (Wildman–Crippen LogP) is 1.75. The second-order valence-electron chi connectivity index (χ2n) is 4.83. The van der Waals surface area contributed by atoms with Crippen molar-refractivity contribution >= 4 is 0 Å². The van der Waals surface area contributed by atoms with Crippen LogP contribution in [0.25, 0.3) is 0 Å². The Labute approximate surface area is 81.3 Å². The van der Waals surface area contributed by atoms with Crippen molar-refractivity contribution < 1.29 is 4.74 Å². The molecule has 2 unspecified atom stereocenters. The third kappa shape index (κ3) is 2.23. The lowest BCUT2D eigenvalue weighted by Crippen LogP contribution is -2.41. The van der Waals surface area contributed by atoms with Gasteiger partial charge in [0, 0.05) is 5.92 Å². The van der Waals surface area contributed by atoms with E-state index < -0.39 is 0 Å². The molecule has 0 radical (unpaired) electrons. The quantitative estimate of drug-likeness (QED) is 0.646. The summed E-state index contributed by atoms with van der Waals surface area (Å²) in [4.78, 5) is 2.43. The molecule has 13 heavy (non-hydrogen) atoms. The largest absolute Gasteiger partial charge is 0.377 e. The van der Waals surface area contributed by atoms with Crippen molar-refractivity contribution in [1.29, 1.82) is 0 Å². The van der Waals surface area contributed by atoms with Gasteiger partial charge in [-0.05, 0) is 45.3 Å². The molecule has 0 aromatic rings. The summed E-state index contributed by atoms with van der Waals surface area (Å²) in [7, 11) is 2.22. The van der Waals surface area contributed by atoms with Crippen LogP contribution in [0.4, 0.5) is 0 Å². The Morgan fingerprint density at radius 3 is 2.46 bits per heavy atom. The zero-order valence-corrected chi connectivity index (χ0v) is 8.83. The number of piperidine rings is 1. The average molecular weight is 183 g/mol. The highest BCUT2D eigenvalue weighted by atomic mass is 16.5. The highest BCUT2D eigenvalue weighted by molar-refractivity contribution is 4.80. The fourth-order valence-electron chi connectivity index (χ4n) is 2.35. The van der Waals surface area contributed by atoms with Gasteiger partial charge in [0.05, 0.1) is 12.7 Å². The Morgan fingerprint density at radius 1 is 1.31 bits per heavy atom. The van der Waals surface area contributed by atoms with Crippen molar-refractivity contribution in [2.45, 2.75) is 32.3 Å². The molecule has 0 bridgehead atoms. The van der Waals surface area contributed by atoms with E-state index in [1.807, 2.05) is 0 Å². The summed E-state index contributed by atoms with van der Waals surface area (Å²) in [5.41, 5.74) is 0. The molecule has 0 aliphatic carbocycles. The van der Waals surface area contributed by atoms with Gasteiger partial charge in [-0.25, -0.2) is 0 Å². The first-order chi connectivity index (χ1) is 6.25. The molecule has 2 fully saturated rings. The van der Waals surface area contributed by atoms with E-state index in [2.05, 4.69) is 18.9 Å². The van der Waals surface area contributed by atoms with Crippen LogP contribution in [0.5, 0.6) is 0 Å². The van der Waals surface area contributed by atoms with E-state index in [4.69, 9.17) is 4.74 Å². The second-order valence-corrected chi connectivity index (χ2v) is 4.83. The van der Waals surface area contributed by atoms with E-state index in [1.54, 1.807) is 0 Å². The Bertz CT molecular complexity index is 163. The molecule has 2 aliphatic heterocycles. The molecule has 0 aromatic heterocycles. The van der Waals surface area contributed by atoms with Crippen molar-refractivity contribution in [1.82, 2.24) is 4.90 Å². The first-order valence-electron chi connectivity index (χ1n) is 5.56. The maximum absolute atomic E-state index is 5.56. The minimum Gasteiger partial charge on any atom is -0.377 e. The van der Waals surface area contributed by atoms with E-state index in [-0.39, 0.29) is 0 Å². The average Bonchev–Trinajstić information content (AvgIpc) is 2.15. The van der Waals surface area contributed by atoms with Gasteiger partial charge in [0.15, 0.2) is 0 Å². The number of nitrogens with zero attached hydrogens (tertiary/aromatic N) is 1. The lowest BCUT2D eigenvalue weighted by Gasteiger charge is -2.38. The molecule has 2 aliphatic rings. The van der Waals surface area contributed by atoms with Gasteiger partial charge in [0.1, 0.15) is 0 Å². The molecule has 0 saturated carbocycles. The second kappa shape index (κ2) is 3.97. The van der Waals surface area contributed by atoms with Crippen molar-refractivity contribution in [3.63, 3.8) is 0 Å². The summed E-state index contributed by atoms with van der Waals surface area (Å²) < 4.78 is 5.56. The van der Waals surface area contributed by atoms with Crippen LogP contribution in [-0.4, -0.2) is 37.7 Å². The molecule has 2 heteroatoms. The van der Waals surface area contributed by atoms with Crippen molar-refractivity contribution in [2.24, 2.45) is 11.8 Å². The first-order valence-corrected chi connectivity index (χ1v) is 5.56. The molecular weight excluding hydrogens is 162 g/mol. The van der Waals surface area contributed by atoms with E-state index in [0.29, 0.717) is 6.10 Å². The number of rotatable bonds is 2. The molecule has 2 rings (SSSR count). The number of ether oxygens (including phenoxy) is 1. The standard InChI is InChI=1S/C11H21NO/c1-9-8-13-11(9)7-10-3-5-12(2)6-4-10/h9-11H,3-8H2,1-2H3. The maximum atomic E-state index is 5.56. The van der Waals surface area contributed by atoms with Crippen LogP contribution in [0.15, 0.2) is 0 Å². The fraction of sp³-hybridized carbons (Fsp3) is 1.00. The van der Waals surface area contributed by atoms with Crippen LogP contribution in [0, 0.1) is 11.8 Å². The lowest BCUT2D eigenvalue weighted by atomic mass is 9.85. The van der Waals surface area contributed by atoms with Crippen molar-refractivity contribution in [3.8, 4) is 0 Å². The predicted molar refractivity (Wildman–Crippen MR) is 53.7 cm³/mol. The fourth-order valence-corrected chi connectivity index (χ4v) is 2.35. The number of hydrogen-bond acceptors (Lipinski definition) is 2. The van der Waals surface area contributed by atoms with Crippen molar-refractivity contribution in [3.05, 3.63) is 0 Å². The molecule has 0 N–H and O–H groups in total. The molecule has 2 atom stereocenters. The topological polar surface area (TPSA) is 12.5 Å². The smallest absolute Gasteiger partial charge is 0.0625 e. The summed E-state index contributed by atoms with van der Waals surface area (Å²) in [6.45, 7) is 5.87. The SMILES string of the molecule is CC1COC1CC1CCN(C)CC1. The Hall–Kier alpha value is -0.0800. The Morgan fingerprint density at radius 2 is 2.00 bits per heavy atom. The van der Waals surface area contributed by atoms with Crippen LogP contribution < -0.4 is 0 Å². The lowest BCUT2D eigenvalue weighted by molar-refractivity contribution is -0.118. The van der Waals surface area contributed by atoms with Crippen LogP contribution in [0.3, 0.4) is 0 Å². The van der Waals surface area contributed by atoms with Gasteiger partial charge in [-0.1, -0.05) is 6.92 Å². The van der Waals surface area contributed by atoms with Crippen LogP contribution in [0.2, 0.25) is 0 Å². The minimum absolute atomic E-state index is 0.591. The molecule has 2 nitrogen and oxygen atoms in total. The van der Waals surface area contributed by atoms with Gasteiger partial charge in [-0.15, -0.1) is 0 Å². The summed E-state index contributed by atoms with van der Waals surface area (Å²) in [6.07, 6.45) is 4.66. The van der Waals surface area contributed by atoms with Gasteiger partial charge in [-0.2, -0.15) is 0 Å². The maximum Gasteiger partial charge on any atom is 0.0625 e. The molecule has 0 aromatic carbocycles. The third-order valence-electron chi connectivity index (χ3n) is 3.61. The summed E-state index contributed by atoms with van der Waals surface area (Å²) in [5, 5.41) is 0. The highest BCUT2D eigenvalue weighted by Crippen LogP contribution is 2.30. The number of likely N-dealkylation sites (tertiary alicyclic amines) is 1. The zero-order chi connectivity index (χ0) is 9.26. The van der Waals surface area contributed by atoms with Gasteiger partial charge in [-0.3, -0.25) is 0 Å². The van der Waals surface area contributed by atoms with Gasteiger partial charge < -0.3 is 9.64 Å². The number of hydrogen-bond donors (Lipinski definition) is 0. The van der Waals surface area contributed by atoms with Gasteiger partial charge >= 0.3 is 0 Å². The third-order valence-corrected chi connectivity index (χ3v) is 3.61. The normalized spacial score (nSPS) is 37.4. The van der Waals surface area contributed by atoms with Gasteiger partial charge in [0.25, 0.3) is 0 Å². The summed E-state index contributed by atoms with van der Waals surface area (Å²) in [6, 6.07) is 0. The molecule has 2 heterocycles. The van der Waals surface area contributed by atoms with E-state index in [0.717, 1.165) is 18.4 Å². The summed E-state index contributed by atoms with van der Waals surface area (Å²) >= 11 is 0. The van der Waals surface area contributed by atoms with E-state index >= 15 is 0 Å². The Kier molecular flexibility index (Phi) is 2.89. The Balaban J connectivity index is 1.70. The first kappa shape index (κ1) is 9.47. The molecular formula is C11H21NO. The van der Waals surface area contributed by atoms with Crippen LogP contribution in [0.1, 0.15) is 26.2 Å². The molecule has 0 amide bonds. The monoisotopic (exact) mass is 183 g/mol. The van der Waals surface area contributed by atoms with Crippen LogP contribution >= 0.6 is 0 Å². The zero-order valence-electron chi connectivity index (χ0n) is 8.83. The van der Waals surface area contributed by atoms with Crippen LogP contribution in [-0.2, 0) is 4.74 Å². The molecule has 0 spiro atoms. The highest BCUT2D eigenvalue weighted by Gasteiger charge is 2.31. The minimum atomic E-state index is 0.591. The molecule has 76 valence electrons. The van der Waals surface area contributed by atoms with Crippen molar-refractivity contribution in [2.75, 3.05) is 26.7 Å². The summed E-state index contributed by atoms with van der Waals surface area (Å²) in [5.74, 6) is 1.75. The van der Waals surface area contributed by atoms with E-state index in [9.17, 15) is 0 Å². The van der Waals surface area contributed by atoms with Gasteiger partial charge in [0.2, 0.25) is 0 Å².